The van der Waals surface area contributed by atoms with E-state index in [4.69, 9.17) is 4.74 Å². The molecule has 0 unspecified atom stereocenters. The number of rotatable bonds is 3. The number of carbonyl (C=O) groups excluding carboxylic acids is 1. The summed E-state index contributed by atoms with van der Waals surface area (Å²) in [5, 5.41) is 0. The first-order chi connectivity index (χ1) is 8.61. The zero-order valence-electron chi connectivity index (χ0n) is 10.9. The average molecular weight is 240 g/mol. The zero-order valence-corrected chi connectivity index (χ0v) is 10.9. The van der Waals surface area contributed by atoms with Gasteiger partial charge in [0.15, 0.2) is 5.78 Å². The summed E-state index contributed by atoms with van der Waals surface area (Å²) >= 11 is 0. The first-order valence-electron chi connectivity index (χ1n) is 5.88. The predicted molar refractivity (Wildman–Crippen MR) is 73.2 cm³/mol. The van der Waals surface area contributed by atoms with Crippen LogP contribution in [0, 0.1) is 6.92 Å². The van der Waals surface area contributed by atoms with Gasteiger partial charge >= 0.3 is 0 Å². The summed E-state index contributed by atoms with van der Waals surface area (Å²) in [5.41, 5.74) is 3.90. The molecule has 2 nitrogen and oxygen atoms in total. The standard InChI is InChI=1S/C16H16O2/c1-11-7-8-16(18-3)15(9-11)14-6-4-5-13(10-14)12(2)17/h4-10H,1-3H3. The molecule has 0 fully saturated rings. The van der Waals surface area contributed by atoms with Gasteiger partial charge in [-0.25, -0.2) is 0 Å². The van der Waals surface area contributed by atoms with Gasteiger partial charge in [-0.15, -0.1) is 0 Å². The summed E-state index contributed by atoms with van der Waals surface area (Å²) in [6, 6.07) is 13.6. The minimum absolute atomic E-state index is 0.0727. The maximum atomic E-state index is 11.4. The fraction of sp³-hybridized carbons (Fsp3) is 0.188. The van der Waals surface area contributed by atoms with Gasteiger partial charge in [-0.1, -0.05) is 29.8 Å². The maximum Gasteiger partial charge on any atom is 0.159 e. The molecule has 0 radical (unpaired) electrons. The van der Waals surface area contributed by atoms with E-state index in [1.54, 1.807) is 14.0 Å². The number of aryl methyl sites for hydroxylation is 1. The van der Waals surface area contributed by atoms with Crippen LogP contribution >= 0.6 is 0 Å². The molecular weight excluding hydrogens is 224 g/mol. The van der Waals surface area contributed by atoms with Gasteiger partial charge in [-0.3, -0.25) is 4.79 Å². The minimum Gasteiger partial charge on any atom is -0.496 e. The van der Waals surface area contributed by atoms with Crippen molar-refractivity contribution in [1.29, 1.82) is 0 Å². The van der Waals surface area contributed by atoms with Gasteiger partial charge < -0.3 is 4.74 Å². The molecule has 0 bridgehead atoms. The van der Waals surface area contributed by atoms with Crippen LogP contribution in [0.1, 0.15) is 22.8 Å². The van der Waals surface area contributed by atoms with Crippen molar-refractivity contribution in [3.05, 3.63) is 53.6 Å². The van der Waals surface area contributed by atoms with Crippen LogP contribution in [-0.4, -0.2) is 12.9 Å². The molecule has 0 aliphatic heterocycles. The summed E-state index contributed by atoms with van der Waals surface area (Å²) in [7, 11) is 1.66. The highest BCUT2D eigenvalue weighted by Crippen LogP contribution is 2.31. The normalized spacial score (nSPS) is 10.2. The molecule has 0 atom stereocenters. The Balaban J connectivity index is 2.57. The predicted octanol–water partition coefficient (Wildman–Crippen LogP) is 3.87. The van der Waals surface area contributed by atoms with E-state index in [-0.39, 0.29) is 5.78 Å². The lowest BCUT2D eigenvalue weighted by molar-refractivity contribution is 0.101. The smallest absolute Gasteiger partial charge is 0.159 e. The van der Waals surface area contributed by atoms with Crippen LogP contribution in [0.3, 0.4) is 0 Å². The van der Waals surface area contributed by atoms with Crippen molar-refractivity contribution in [1.82, 2.24) is 0 Å². The molecule has 0 amide bonds. The second-order valence-corrected chi connectivity index (χ2v) is 4.34. The van der Waals surface area contributed by atoms with Crippen molar-refractivity contribution in [2.45, 2.75) is 13.8 Å². The third-order valence-corrected chi connectivity index (χ3v) is 2.94. The van der Waals surface area contributed by atoms with Crippen molar-refractivity contribution in [3.63, 3.8) is 0 Å². The lowest BCUT2D eigenvalue weighted by atomic mass is 9.99. The zero-order chi connectivity index (χ0) is 13.1. The Bertz CT molecular complexity index is 585. The van der Waals surface area contributed by atoms with Gasteiger partial charge in [0.05, 0.1) is 7.11 Å². The Morgan fingerprint density at radius 1 is 1.11 bits per heavy atom. The molecule has 0 aromatic heterocycles. The molecule has 0 heterocycles. The second-order valence-electron chi connectivity index (χ2n) is 4.34. The number of benzene rings is 2. The molecule has 92 valence electrons. The molecule has 0 aliphatic carbocycles. The molecule has 0 aliphatic rings. The number of hydrogen-bond donors (Lipinski definition) is 0. The highest BCUT2D eigenvalue weighted by Gasteiger charge is 2.08. The first kappa shape index (κ1) is 12.4. The maximum absolute atomic E-state index is 11.4. The van der Waals surface area contributed by atoms with E-state index in [9.17, 15) is 4.79 Å². The molecule has 2 rings (SSSR count). The van der Waals surface area contributed by atoms with E-state index in [1.807, 2.05) is 43.3 Å². The Hall–Kier alpha value is -2.09. The van der Waals surface area contributed by atoms with Crippen molar-refractivity contribution in [3.8, 4) is 16.9 Å². The molecule has 2 heteroatoms. The van der Waals surface area contributed by atoms with Gasteiger partial charge in [-0.2, -0.15) is 0 Å². The molecule has 18 heavy (non-hydrogen) atoms. The lowest BCUT2D eigenvalue weighted by Gasteiger charge is -2.10. The summed E-state index contributed by atoms with van der Waals surface area (Å²) in [4.78, 5) is 11.4. The molecule has 2 aromatic rings. The number of methoxy groups -OCH3 is 1. The van der Waals surface area contributed by atoms with E-state index in [0.717, 1.165) is 22.4 Å². The topological polar surface area (TPSA) is 26.3 Å². The van der Waals surface area contributed by atoms with Crippen molar-refractivity contribution >= 4 is 5.78 Å². The van der Waals surface area contributed by atoms with Gasteiger partial charge in [0, 0.05) is 11.1 Å². The van der Waals surface area contributed by atoms with Crippen LogP contribution in [0.15, 0.2) is 42.5 Å². The molecule has 0 N–H and O–H groups in total. The van der Waals surface area contributed by atoms with Crippen LogP contribution < -0.4 is 4.74 Å². The Labute approximate surface area is 107 Å². The van der Waals surface area contributed by atoms with Gasteiger partial charge in [0.1, 0.15) is 5.75 Å². The van der Waals surface area contributed by atoms with E-state index in [2.05, 4.69) is 6.07 Å². The first-order valence-corrected chi connectivity index (χ1v) is 5.88. The highest BCUT2D eigenvalue weighted by molar-refractivity contribution is 5.95. The van der Waals surface area contributed by atoms with Crippen LogP contribution in [0.2, 0.25) is 0 Å². The fourth-order valence-corrected chi connectivity index (χ4v) is 1.95. The third kappa shape index (κ3) is 2.43. The summed E-state index contributed by atoms with van der Waals surface area (Å²) in [6.07, 6.45) is 0. The summed E-state index contributed by atoms with van der Waals surface area (Å²) in [5.74, 6) is 0.893. The molecule has 2 aromatic carbocycles. The van der Waals surface area contributed by atoms with Crippen molar-refractivity contribution < 1.29 is 9.53 Å². The average Bonchev–Trinajstić information content (AvgIpc) is 2.39. The SMILES string of the molecule is COc1ccc(C)cc1-c1cccc(C(C)=O)c1. The Morgan fingerprint density at radius 2 is 1.89 bits per heavy atom. The van der Waals surface area contributed by atoms with Crippen LogP contribution in [0.4, 0.5) is 0 Å². The number of ether oxygens (including phenoxy) is 1. The van der Waals surface area contributed by atoms with E-state index < -0.39 is 0 Å². The van der Waals surface area contributed by atoms with Crippen molar-refractivity contribution in [2.75, 3.05) is 7.11 Å². The van der Waals surface area contributed by atoms with E-state index in [0.29, 0.717) is 0 Å². The van der Waals surface area contributed by atoms with E-state index in [1.165, 1.54) is 5.56 Å². The van der Waals surface area contributed by atoms with Gasteiger partial charge in [0.2, 0.25) is 0 Å². The molecule has 0 spiro atoms. The molecule has 0 saturated carbocycles. The second kappa shape index (κ2) is 5.05. The number of Topliss-reactive ketones (excluding diaryl/α,β-unsaturated/α-hetero) is 1. The Morgan fingerprint density at radius 3 is 2.56 bits per heavy atom. The highest BCUT2D eigenvalue weighted by atomic mass is 16.5. The number of hydrogen-bond acceptors (Lipinski definition) is 2. The van der Waals surface area contributed by atoms with Crippen LogP contribution in [0.5, 0.6) is 5.75 Å². The summed E-state index contributed by atoms with van der Waals surface area (Å²) in [6.45, 7) is 3.62. The van der Waals surface area contributed by atoms with Gasteiger partial charge in [-0.05, 0) is 37.6 Å². The quantitative estimate of drug-likeness (QED) is 0.761. The van der Waals surface area contributed by atoms with Crippen molar-refractivity contribution in [2.24, 2.45) is 0 Å². The van der Waals surface area contributed by atoms with Gasteiger partial charge in [0.25, 0.3) is 0 Å². The Kier molecular flexibility index (Phi) is 3.47. The molecule has 0 saturated heterocycles. The summed E-state index contributed by atoms with van der Waals surface area (Å²) < 4.78 is 5.37. The van der Waals surface area contributed by atoms with Crippen LogP contribution in [-0.2, 0) is 0 Å². The number of carbonyl (C=O) groups is 1. The monoisotopic (exact) mass is 240 g/mol. The largest absolute Gasteiger partial charge is 0.496 e. The third-order valence-electron chi connectivity index (χ3n) is 2.94. The minimum atomic E-state index is 0.0727. The number of ketones is 1. The molecular formula is C16H16O2. The van der Waals surface area contributed by atoms with E-state index >= 15 is 0 Å². The lowest BCUT2D eigenvalue weighted by Crippen LogP contribution is -1.93. The fourth-order valence-electron chi connectivity index (χ4n) is 1.95. The van der Waals surface area contributed by atoms with Crippen LogP contribution in [0.25, 0.3) is 11.1 Å².